The van der Waals surface area contributed by atoms with Gasteiger partial charge in [0.05, 0.1) is 23.0 Å². The van der Waals surface area contributed by atoms with Crippen LogP contribution in [0.2, 0.25) is 0 Å². The molecule has 1 aliphatic carbocycles. The van der Waals surface area contributed by atoms with Gasteiger partial charge in [0.1, 0.15) is 29.7 Å². The van der Waals surface area contributed by atoms with Crippen LogP contribution in [0.5, 0.6) is 0 Å². The summed E-state index contributed by atoms with van der Waals surface area (Å²) in [4.78, 5) is 13.3. The number of aliphatic hydroxyl groups excluding tert-OH is 2. The van der Waals surface area contributed by atoms with Crippen LogP contribution in [0, 0.1) is 5.92 Å². The summed E-state index contributed by atoms with van der Waals surface area (Å²) in [5.41, 5.74) is 10.2. The Kier molecular flexibility index (Phi) is 4.79. The van der Waals surface area contributed by atoms with Gasteiger partial charge in [-0.3, -0.25) is 0 Å². The molecule has 0 spiro atoms. The Morgan fingerprint density at radius 3 is 2.85 bits per heavy atom. The lowest BCUT2D eigenvalue weighted by atomic mass is 9.87. The minimum Gasteiger partial charge on any atom is -0.390 e. The van der Waals surface area contributed by atoms with Crippen molar-refractivity contribution in [1.82, 2.24) is 19.5 Å². The number of nitrogens with one attached hydrogen (secondary N) is 1. The van der Waals surface area contributed by atoms with E-state index in [1.807, 2.05) is 16.8 Å². The Morgan fingerprint density at radius 2 is 2.00 bits per heavy atom. The number of rotatable bonds is 4. The van der Waals surface area contributed by atoms with Crippen LogP contribution in [-0.4, -0.2) is 48.5 Å². The second-order valence-electron chi connectivity index (χ2n) is 10.5. The third kappa shape index (κ3) is 3.32. The number of aryl methyl sites for hydroxylation is 1. The SMILES string of the molecule is CC1(C)CNc2nc3cc(CC[C@H]4C[C@@H](n5ccc6c(N)ncnc65)[C@H](O)[C@@H]4O)ccc3cc21. The smallest absolute Gasteiger partial charge is 0.145 e. The lowest BCUT2D eigenvalue weighted by Crippen LogP contribution is -2.29. The molecular weight excluding hydrogens is 428 g/mol. The Morgan fingerprint density at radius 1 is 1.15 bits per heavy atom. The van der Waals surface area contributed by atoms with Gasteiger partial charge in [0.2, 0.25) is 0 Å². The molecule has 4 atom stereocenters. The van der Waals surface area contributed by atoms with Gasteiger partial charge in [-0.2, -0.15) is 0 Å². The lowest BCUT2D eigenvalue weighted by molar-refractivity contribution is 0.00545. The third-order valence-corrected chi connectivity index (χ3v) is 7.78. The molecule has 8 heteroatoms. The van der Waals surface area contributed by atoms with E-state index in [4.69, 9.17) is 10.7 Å². The van der Waals surface area contributed by atoms with Crippen LogP contribution in [0.4, 0.5) is 11.6 Å². The summed E-state index contributed by atoms with van der Waals surface area (Å²) in [6, 6.07) is 10.3. The fourth-order valence-electron chi connectivity index (χ4n) is 5.69. The number of benzene rings is 1. The van der Waals surface area contributed by atoms with Crippen molar-refractivity contribution in [3.8, 4) is 0 Å². The fraction of sp³-hybridized carbons (Fsp3) is 0.423. The van der Waals surface area contributed by atoms with Gasteiger partial charge in [-0.15, -0.1) is 0 Å². The molecule has 1 saturated carbocycles. The van der Waals surface area contributed by atoms with Crippen LogP contribution in [0.15, 0.2) is 42.9 Å². The van der Waals surface area contributed by atoms with Gasteiger partial charge in [-0.1, -0.05) is 26.0 Å². The van der Waals surface area contributed by atoms with Gasteiger partial charge in [-0.05, 0) is 48.9 Å². The summed E-state index contributed by atoms with van der Waals surface area (Å²) < 4.78 is 1.93. The molecule has 6 rings (SSSR count). The van der Waals surface area contributed by atoms with Crippen LogP contribution in [-0.2, 0) is 11.8 Å². The van der Waals surface area contributed by atoms with E-state index >= 15 is 0 Å². The quantitative estimate of drug-likeness (QED) is 0.370. The number of hydrogen-bond donors (Lipinski definition) is 4. The molecule has 0 unspecified atom stereocenters. The molecule has 1 aliphatic heterocycles. The highest BCUT2D eigenvalue weighted by molar-refractivity contribution is 5.86. The molecule has 3 aromatic heterocycles. The average molecular weight is 459 g/mol. The number of hydrogen-bond acceptors (Lipinski definition) is 7. The minimum absolute atomic E-state index is 0.0113. The molecule has 5 N–H and O–H groups in total. The second-order valence-corrected chi connectivity index (χ2v) is 10.5. The van der Waals surface area contributed by atoms with E-state index in [1.54, 1.807) is 0 Å². The van der Waals surface area contributed by atoms with E-state index in [1.165, 1.54) is 17.5 Å². The lowest BCUT2D eigenvalue weighted by Gasteiger charge is -2.19. The van der Waals surface area contributed by atoms with E-state index in [0.717, 1.165) is 41.5 Å². The molecule has 4 heterocycles. The van der Waals surface area contributed by atoms with Crippen molar-refractivity contribution in [3.05, 3.63) is 54.0 Å². The standard InChI is InChI=1S/C26H30N6O2/c1-26(2)12-28-24-18(26)10-15-5-3-14(9-19(15)31-24)4-6-16-11-20(22(34)21(16)33)32-8-7-17-23(27)29-13-30-25(17)32/h3,5,7-10,13,16,20-22,33-34H,4,6,11-12H2,1-2H3,(H,28,31)(H2,27,29,30)/t16-,20+,21+,22-/m0/s1. The molecule has 0 radical (unpaired) electrons. The zero-order valence-electron chi connectivity index (χ0n) is 19.4. The van der Waals surface area contributed by atoms with E-state index < -0.39 is 12.2 Å². The molecule has 0 bridgehead atoms. The normalized spacial score (nSPS) is 25.6. The van der Waals surface area contributed by atoms with Crippen molar-refractivity contribution in [2.24, 2.45) is 5.92 Å². The zero-order valence-corrected chi connectivity index (χ0v) is 19.4. The maximum absolute atomic E-state index is 10.8. The van der Waals surface area contributed by atoms with E-state index in [9.17, 15) is 10.2 Å². The highest BCUT2D eigenvalue weighted by Crippen LogP contribution is 2.40. The van der Waals surface area contributed by atoms with Crippen molar-refractivity contribution in [3.63, 3.8) is 0 Å². The molecule has 4 aromatic rings. The van der Waals surface area contributed by atoms with Crippen molar-refractivity contribution >= 4 is 33.6 Å². The summed E-state index contributed by atoms with van der Waals surface area (Å²) in [6.07, 6.45) is 3.95. The van der Waals surface area contributed by atoms with Gasteiger partial charge < -0.3 is 25.8 Å². The van der Waals surface area contributed by atoms with Gasteiger partial charge in [0.25, 0.3) is 0 Å². The topological polar surface area (TPSA) is 122 Å². The van der Waals surface area contributed by atoms with E-state index in [-0.39, 0.29) is 17.4 Å². The number of anilines is 2. The molecule has 176 valence electrons. The molecule has 0 amide bonds. The molecule has 34 heavy (non-hydrogen) atoms. The van der Waals surface area contributed by atoms with E-state index in [0.29, 0.717) is 17.9 Å². The minimum atomic E-state index is -0.855. The third-order valence-electron chi connectivity index (χ3n) is 7.78. The molecule has 0 saturated heterocycles. The Bertz CT molecular complexity index is 1400. The molecule has 8 nitrogen and oxygen atoms in total. The number of fused-ring (bicyclic) bond motifs is 3. The molecule has 1 aromatic carbocycles. The number of aliphatic hydroxyl groups is 2. The number of nitrogens with zero attached hydrogens (tertiary/aromatic N) is 4. The fourth-order valence-corrected chi connectivity index (χ4v) is 5.69. The maximum atomic E-state index is 10.8. The predicted molar refractivity (Wildman–Crippen MR) is 133 cm³/mol. The van der Waals surface area contributed by atoms with E-state index in [2.05, 4.69) is 53.4 Å². The summed E-state index contributed by atoms with van der Waals surface area (Å²) in [5.74, 6) is 1.39. The molecular formula is C26H30N6O2. The molecule has 2 aliphatic rings. The van der Waals surface area contributed by atoms with Crippen LogP contribution in [0.1, 0.15) is 43.9 Å². The van der Waals surface area contributed by atoms with Gasteiger partial charge in [0, 0.05) is 29.1 Å². The Labute approximate surface area is 197 Å². The predicted octanol–water partition coefficient (Wildman–Crippen LogP) is 3.18. The zero-order chi connectivity index (χ0) is 23.6. The first-order valence-electron chi connectivity index (χ1n) is 11.9. The van der Waals surface area contributed by atoms with Crippen molar-refractivity contribution < 1.29 is 10.2 Å². The first-order valence-corrected chi connectivity index (χ1v) is 11.9. The van der Waals surface area contributed by atoms with Crippen LogP contribution in [0.3, 0.4) is 0 Å². The first kappa shape index (κ1) is 21.3. The van der Waals surface area contributed by atoms with Crippen molar-refractivity contribution in [2.75, 3.05) is 17.6 Å². The summed E-state index contributed by atoms with van der Waals surface area (Å²) in [5, 5.41) is 27.0. The largest absolute Gasteiger partial charge is 0.390 e. The van der Waals surface area contributed by atoms with Crippen LogP contribution >= 0.6 is 0 Å². The van der Waals surface area contributed by atoms with Gasteiger partial charge in [0.15, 0.2) is 0 Å². The summed E-state index contributed by atoms with van der Waals surface area (Å²) in [6.45, 7) is 5.37. The molecule has 1 fully saturated rings. The van der Waals surface area contributed by atoms with Crippen molar-refractivity contribution in [1.29, 1.82) is 0 Å². The summed E-state index contributed by atoms with van der Waals surface area (Å²) in [7, 11) is 0. The highest BCUT2D eigenvalue weighted by atomic mass is 16.3. The summed E-state index contributed by atoms with van der Waals surface area (Å²) >= 11 is 0. The highest BCUT2D eigenvalue weighted by Gasteiger charge is 2.42. The average Bonchev–Trinajstić information content (AvgIpc) is 3.46. The van der Waals surface area contributed by atoms with Crippen LogP contribution < -0.4 is 11.1 Å². The number of aromatic nitrogens is 4. The van der Waals surface area contributed by atoms with Crippen molar-refractivity contribution in [2.45, 2.75) is 56.8 Å². The maximum Gasteiger partial charge on any atom is 0.145 e. The number of pyridine rings is 1. The van der Waals surface area contributed by atoms with Crippen LogP contribution in [0.25, 0.3) is 21.9 Å². The van der Waals surface area contributed by atoms with Gasteiger partial charge in [-0.25, -0.2) is 15.0 Å². The van der Waals surface area contributed by atoms with Gasteiger partial charge >= 0.3 is 0 Å². The Balaban J connectivity index is 1.20. The number of nitrogens with two attached hydrogens (primary N) is 1. The number of nitrogen functional groups attached to an aromatic ring is 1. The Hall–Kier alpha value is -3.23. The first-order chi connectivity index (χ1) is 16.3. The second kappa shape index (κ2) is 7.65. The monoisotopic (exact) mass is 458 g/mol.